The van der Waals surface area contributed by atoms with Crippen molar-refractivity contribution in [1.82, 2.24) is 0 Å². The molecule has 0 saturated carbocycles. The van der Waals surface area contributed by atoms with Crippen molar-refractivity contribution < 1.29 is 9.53 Å². The average molecular weight is 284 g/mol. The van der Waals surface area contributed by atoms with E-state index in [2.05, 4.69) is 13.8 Å². The summed E-state index contributed by atoms with van der Waals surface area (Å²) in [6.45, 7) is 4.26. The van der Waals surface area contributed by atoms with Crippen LogP contribution in [0.5, 0.6) is 11.5 Å². The van der Waals surface area contributed by atoms with Gasteiger partial charge in [-0.2, -0.15) is 0 Å². The van der Waals surface area contributed by atoms with Gasteiger partial charge in [-0.3, -0.25) is 4.79 Å². The number of hydrogen-bond acceptors (Lipinski definition) is 3. The summed E-state index contributed by atoms with van der Waals surface area (Å²) in [6.07, 6.45) is 1.000. The highest BCUT2D eigenvalue weighted by molar-refractivity contribution is 5.96. The Labute approximate surface area is 124 Å². The van der Waals surface area contributed by atoms with E-state index in [9.17, 15) is 4.79 Å². The highest BCUT2D eigenvalue weighted by Gasteiger charge is 2.14. The van der Waals surface area contributed by atoms with Gasteiger partial charge < -0.3 is 16.2 Å². The van der Waals surface area contributed by atoms with E-state index in [-0.39, 0.29) is 0 Å². The molecular weight excluding hydrogens is 264 g/mol. The number of carbonyl (C=O) groups excluding carboxylic acids is 1. The third-order valence-electron chi connectivity index (χ3n) is 3.55. The number of anilines is 1. The minimum Gasteiger partial charge on any atom is -0.456 e. The zero-order valence-electron chi connectivity index (χ0n) is 12.3. The van der Waals surface area contributed by atoms with Gasteiger partial charge in [0.05, 0.1) is 5.56 Å². The van der Waals surface area contributed by atoms with Crippen molar-refractivity contribution >= 4 is 11.6 Å². The van der Waals surface area contributed by atoms with Crippen LogP contribution in [0.3, 0.4) is 0 Å². The Hall–Kier alpha value is -2.49. The van der Waals surface area contributed by atoms with Crippen molar-refractivity contribution in [2.45, 2.75) is 26.2 Å². The van der Waals surface area contributed by atoms with Gasteiger partial charge in [-0.05, 0) is 36.1 Å². The normalized spacial score (nSPS) is 11.9. The number of ether oxygens (including phenoxy) is 1. The molecule has 0 aliphatic carbocycles. The van der Waals surface area contributed by atoms with Gasteiger partial charge in [0.2, 0.25) is 0 Å². The second-order valence-corrected chi connectivity index (χ2v) is 5.07. The number of amides is 1. The molecule has 0 heterocycles. The van der Waals surface area contributed by atoms with E-state index in [1.54, 1.807) is 18.2 Å². The lowest BCUT2D eigenvalue weighted by atomic mass is 9.98. The van der Waals surface area contributed by atoms with E-state index < -0.39 is 5.91 Å². The number of nitrogens with two attached hydrogens (primary N) is 2. The van der Waals surface area contributed by atoms with E-state index in [0.717, 1.165) is 17.7 Å². The summed E-state index contributed by atoms with van der Waals surface area (Å²) in [5.74, 6) is 0.934. The maximum absolute atomic E-state index is 11.5. The van der Waals surface area contributed by atoms with Crippen LogP contribution in [-0.4, -0.2) is 5.91 Å². The monoisotopic (exact) mass is 284 g/mol. The Kier molecular flexibility index (Phi) is 4.48. The van der Waals surface area contributed by atoms with Crippen molar-refractivity contribution in [3.63, 3.8) is 0 Å². The van der Waals surface area contributed by atoms with Crippen LogP contribution in [0.4, 0.5) is 5.69 Å². The van der Waals surface area contributed by atoms with Crippen molar-refractivity contribution in [2.75, 3.05) is 5.73 Å². The van der Waals surface area contributed by atoms with Gasteiger partial charge in [-0.25, -0.2) is 0 Å². The fourth-order valence-electron chi connectivity index (χ4n) is 2.15. The van der Waals surface area contributed by atoms with E-state index in [4.69, 9.17) is 16.2 Å². The van der Waals surface area contributed by atoms with E-state index in [1.165, 1.54) is 0 Å². The molecule has 0 aliphatic rings. The van der Waals surface area contributed by atoms with Gasteiger partial charge in [0.25, 0.3) is 5.91 Å². The summed E-state index contributed by atoms with van der Waals surface area (Å²) in [5, 5.41) is 0. The van der Waals surface area contributed by atoms with E-state index >= 15 is 0 Å². The summed E-state index contributed by atoms with van der Waals surface area (Å²) in [7, 11) is 0. The third-order valence-corrected chi connectivity index (χ3v) is 3.55. The predicted molar refractivity (Wildman–Crippen MR) is 84.6 cm³/mol. The number of hydrogen-bond donors (Lipinski definition) is 2. The molecule has 2 aromatic carbocycles. The first-order valence-electron chi connectivity index (χ1n) is 6.99. The fourth-order valence-corrected chi connectivity index (χ4v) is 2.15. The van der Waals surface area contributed by atoms with Gasteiger partial charge >= 0.3 is 0 Å². The van der Waals surface area contributed by atoms with Crippen LogP contribution in [0.2, 0.25) is 0 Å². The molecule has 1 atom stereocenters. The maximum atomic E-state index is 11.5. The molecule has 0 saturated heterocycles. The topological polar surface area (TPSA) is 78.3 Å². The Morgan fingerprint density at radius 2 is 1.90 bits per heavy atom. The number of benzene rings is 2. The number of nitrogen functional groups attached to an aromatic ring is 1. The number of carbonyl (C=O) groups is 1. The van der Waals surface area contributed by atoms with E-state index in [0.29, 0.717) is 22.9 Å². The average Bonchev–Trinajstić information content (AvgIpc) is 2.47. The van der Waals surface area contributed by atoms with Gasteiger partial charge in [0, 0.05) is 11.8 Å². The van der Waals surface area contributed by atoms with Crippen LogP contribution in [0.1, 0.15) is 42.1 Å². The van der Waals surface area contributed by atoms with Crippen LogP contribution in [-0.2, 0) is 0 Å². The molecule has 0 aromatic heterocycles. The molecule has 2 rings (SSSR count). The summed E-state index contributed by atoms with van der Waals surface area (Å²) in [6, 6.07) is 12.6. The summed E-state index contributed by atoms with van der Waals surface area (Å²) >= 11 is 0. The summed E-state index contributed by atoms with van der Waals surface area (Å²) in [5.41, 5.74) is 13.1. The second-order valence-electron chi connectivity index (χ2n) is 5.07. The second kappa shape index (κ2) is 6.31. The van der Waals surface area contributed by atoms with Crippen molar-refractivity contribution in [3.05, 3.63) is 53.6 Å². The molecule has 4 nitrogen and oxygen atoms in total. The molecule has 1 unspecified atom stereocenters. The quantitative estimate of drug-likeness (QED) is 0.822. The van der Waals surface area contributed by atoms with Gasteiger partial charge in [0.15, 0.2) is 0 Å². The predicted octanol–water partition coefficient (Wildman–Crippen LogP) is 3.67. The van der Waals surface area contributed by atoms with Crippen LogP contribution in [0.25, 0.3) is 0 Å². The van der Waals surface area contributed by atoms with Crippen LogP contribution >= 0.6 is 0 Å². The minimum absolute atomic E-state index is 0.322. The number of primary amides is 1. The molecule has 0 fully saturated rings. The van der Waals surface area contributed by atoms with Crippen LogP contribution < -0.4 is 16.2 Å². The van der Waals surface area contributed by atoms with Crippen molar-refractivity contribution in [2.24, 2.45) is 5.73 Å². The molecule has 0 radical (unpaired) electrons. The van der Waals surface area contributed by atoms with Gasteiger partial charge in [-0.1, -0.05) is 32.0 Å². The molecule has 21 heavy (non-hydrogen) atoms. The highest BCUT2D eigenvalue weighted by atomic mass is 16.5. The Balaban J connectivity index is 2.43. The van der Waals surface area contributed by atoms with Crippen molar-refractivity contribution in [3.8, 4) is 11.5 Å². The largest absolute Gasteiger partial charge is 0.456 e. The zero-order valence-corrected chi connectivity index (χ0v) is 12.3. The third kappa shape index (κ3) is 3.34. The van der Waals surface area contributed by atoms with Crippen molar-refractivity contribution in [1.29, 1.82) is 0 Å². The molecule has 1 amide bonds. The fraction of sp³-hybridized carbons (Fsp3) is 0.235. The minimum atomic E-state index is -0.536. The first-order valence-corrected chi connectivity index (χ1v) is 6.99. The van der Waals surface area contributed by atoms with E-state index in [1.807, 2.05) is 24.3 Å². The molecular formula is C17H20N2O2. The molecule has 0 bridgehead atoms. The number of para-hydroxylation sites is 1. The summed E-state index contributed by atoms with van der Waals surface area (Å²) < 4.78 is 5.92. The van der Waals surface area contributed by atoms with Gasteiger partial charge in [-0.15, -0.1) is 0 Å². The van der Waals surface area contributed by atoms with Crippen LogP contribution in [0.15, 0.2) is 42.5 Å². The van der Waals surface area contributed by atoms with Gasteiger partial charge in [0.1, 0.15) is 11.5 Å². The lowest BCUT2D eigenvalue weighted by Gasteiger charge is -2.16. The Morgan fingerprint density at radius 1 is 1.19 bits per heavy atom. The lowest BCUT2D eigenvalue weighted by molar-refractivity contribution is 0.0998. The zero-order chi connectivity index (χ0) is 15.4. The number of rotatable bonds is 5. The van der Waals surface area contributed by atoms with Crippen LogP contribution in [0, 0.1) is 0 Å². The first-order chi connectivity index (χ1) is 10.0. The molecule has 0 aliphatic heterocycles. The molecule has 4 N–H and O–H groups in total. The first kappa shape index (κ1) is 14.9. The molecule has 4 heteroatoms. The maximum Gasteiger partial charge on any atom is 0.252 e. The Bertz CT molecular complexity index is 653. The molecule has 2 aromatic rings. The summed E-state index contributed by atoms with van der Waals surface area (Å²) in [4.78, 5) is 11.5. The SMILES string of the molecule is CCC(C)c1ccccc1Oc1cc(N)ccc1C(N)=O. The lowest BCUT2D eigenvalue weighted by Crippen LogP contribution is -2.12. The Morgan fingerprint density at radius 3 is 2.57 bits per heavy atom. The highest BCUT2D eigenvalue weighted by Crippen LogP contribution is 2.34. The molecule has 110 valence electrons. The molecule has 0 spiro atoms. The standard InChI is InChI=1S/C17H20N2O2/c1-3-11(2)13-6-4-5-7-15(13)21-16-10-12(18)8-9-14(16)17(19)20/h4-11H,3,18H2,1-2H3,(H2,19,20). The smallest absolute Gasteiger partial charge is 0.252 e.